The maximum absolute atomic E-state index is 13.1. The summed E-state index contributed by atoms with van der Waals surface area (Å²) >= 11 is 1.60. The van der Waals surface area contributed by atoms with E-state index < -0.39 is 0 Å². The lowest BCUT2D eigenvalue weighted by Gasteiger charge is -2.33. The van der Waals surface area contributed by atoms with Crippen LogP contribution in [0.2, 0.25) is 0 Å². The van der Waals surface area contributed by atoms with Gasteiger partial charge in [0.2, 0.25) is 0 Å². The summed E-state index contributed by atoms with van der Waals surface area (Å²) in [7, 11) is 0. The molecule has 0 saturated heterocycles. The first-order chi connectivity index (χ1) is 12.5. The van der Waals surface area contributed by atoms with Crippen molar-refractivity contribution < 1.29 is 9.18 Å². The van der Waals surface area contributed by atoms with Crippen molar-refractivity contribution in [3.63, 3.8) is 0 Å². The van der Waals surface area contributed by atoms with Gasteiger partial charge in [-0.25, -0.2) is 9.37 Å². The van der Waals surface area contributed by atoms with Crippen LogP contribution in [0.25, 0.3) is 10.8 Å². The minimum Gasteiger partial charge on any atom is -0.327 e. The zero-order chi connectivity index (χ0) is 18.4. The Morgan fingerprint density at radius 2 is 1.92 bits per heavy atom. The normalized spacial score (nSPS) is 16.6. The van der Waals surface area contributed by atoms with Crippen LogP contribution >= 0.6 is 11.3 Å². The van der Waals surface area contributed by atoms with Crippen molar-refractivity contribution in [3.8, 4) is 10.8 Å². The highest BCUT2D eigenvalue weighted by Gasteiger charge is 2.32. The van der Waals surface area contributed by atoms with Gasteiger partial charge in [0, 0.05) is 23.5 Å². The van der Waals surface area contributed by atoms with Crippen molar-refractivity contribution >= 4 is 17.2 Å². The third-order valence-corrected chi connectivity index (χ3v) is 5.83. The number of nitrogens with zero attached hydrogens (tertiary/aromatic N) is 5. The molecule has 0 N–H and O–H groups in total. The molecule has 0 spiro atoms. The van der Waals surface area contributed by atoms with Crippen LogP contribution in [0.4, 0.5) is 4.39 Å². The fourth-order valence-corrected chi connectivity index (χ4v) is 4.06. The van der Waals surface area contributed by atoms with Crippen LogP contribution < -0.4 is 0 Å². The SMILES string of the molecule is Cc1nc(-c2nnc3n2CCN(C(=O)c2ccc(F)cc2)[C@@H]3C)sc1C. The average Bonchev–Trinajstić information content (AvgIpc) is 3.19. The summed E-state index contributed by atoms with van der Waals surface area (Å²) in [4.78, 5) is 20.3. The second-order valence-electron chi connectivity index (χ2n) is 6.38. The van der Waals surface area contributed by atoms with Crippen LogP contribution in [-0.2, 0) is 6.54 Å². The molecule has 0 unspecified atom stereocenters. The first-order valence-electron chi connectivity index (χ1n) is 8.39. The third-order valence-electron chi connectivity index (χ3n) is 4.76. The summed E-state index contributed by atoms with van der Waals surface area (Å²) in [6, 6.07) is 5.40. The minimum atomic E-state index is -0.355. The Labute approximate surface area is 154 Å². The average molecular weight is 371 g/mol. The monoisotopic (exact) mass is 371 g/mol. The predicted molar refractivity (Wildman–Crippen MR) is 96.5 cm³/mol. The van der Waals surface area contributed by atoms with Crippen molar-refractivity contribution in [2.24, 2.45) is 0 Å². The highest BCUT2D eigenvalue weighted by Crippen LogP contribution is 2.32. The summed E-state index contributed by atoms with van der Waals surface area (Å²) in [5, 5.41) is 9.49. The summed E-state index contributed by atoms with van der Waals surface area (Å²) in [6.07, 6.45) is 0. The number of hydrogen-bond donors (Lipinski definition) is 0. The van der Waals surface area contributed by atoms with Gasteiger partial charge in [-0.15, -0.1) is 21.5 Å². The number of fused-ring (bicyclic) bond motifs is 1. The van der Waals surface area contributed by atoms with Crippen molar-refractivity contribution in [2.75, 3.05) is 6.54 Å². The molecule has 1 amide bonds. The summed E-state index contributed by atoms with van der Waals surface area (Å²) in [5.74, 6) is 1.01. The Hall–Kier alpha value is -2.61. The van der Waals surface area contributed by atoms with Crippen molar-refractivity contribution in [3.05, 3.63) is 52.0 Å². The molecule has 8 heteroatoms. The van der Waals surface area contributed by atoms with Crippen LogP contribution in [0.1, 0.15) is 39.7 Å². The van der Waals surface area contributed by atoms with Gasteiger partial charge in [0.05, 0.1) is 11.7 Å². The Bertz CT molecular complexity index is 959. The lowest BCUT2D eigenvalue weighted by Crippen LogP contribution is -2.41. The molecule has 134 valence electrons. The first kappa shape index (κ1) is 16.8. The van der Waals surface area contributed by atoms with Crippen molar-refractivity contribution in [1.29, 1.82) is 0 Å². The number of carbonyl (C=O) groups is 1. The fraction of sp³-hybridized carbons (Fsp3) is 0.333. The summed E-state index contributed by atoms with van der Waals surface area (Å²) in [6.45, 7) is 7.10. The summed E-state index contributed by atoms with van der Waals surface area (Å²) < 4.78 is 15.1. The van der Waals surface area contributed by atoms with Crippen LogP contribution in [-0.4, -0.2) is 37.1 Å². The number of carbonyl (C=O) groups excluding carboxylic acids is 1. The van der Waals surface area contributed by atoms with Crippen LogP contribution in [0, 0.1) is 19.7 Å². The van der Waals surface area contributed by atoms with E-state index in [-0.39, 0.29) is 17.8 Å². The van der Waals surface area contributed by atoms with E-state index in [2.05, 4.69) is 15.2 Å². The van der Waals surface area contributed by atoms with Crippen LogP contribution in [0.15, 0.2) is 24.3 Å². The fourth-order valence-electron chi connectivity index (χ4n) is 3.15. The van der Waals surface area contributed by atoms with E-state index in [9.17, 15) is 9.18 Å². The zero-order valence-corrected chi connectivity index (χ0v) is 15.5. The van der Waals surface area contributed by atoms with Crippen LogP contribution in [0.5, 0.6) is 0 Å². The molecule has 0 aliphatic carbocycles. The van der Waals surface area contributed by atoms with Gasteiger partial charge in [-0.2, -0.15) is 0 Å². The standard InChI is InChI=1S/C18H18FN5OS/c1-10-12(3)26-17(20-10)16-22-21-15-11(2)23(8-9-24(15)16)18(25)13-4-6-14(19)7-5-13/h4-7,11H,8-9H2,1-3H3/t11-/m1/s1. The minimum absolute atomic E-state index is 0.130. The quantitative estimate of drug-likeness (QED) is 0.693. The van der Waals surface area contributed by atoms with Gasteiger partial charge in [0.25, 0.3) is 5.91 Å². The molecular formula is C18H18FN5OS. The highest BCUT2D eigenvalue weighted by molar-refractivity contribution is 7.15. The Balaban J connectivity index is 1.64. The molecule has 2 aromatic heterocycles. The molecule has 1 atom stereocenters. The third kappa shape index (κ3) is 2.70. The molecule has 0 radical (unpaired) electrons. The van der Waals surface area contributed by atoms with E-state index in [1.807, 2.05) is 25.3 Å². The Morgan fingerprint density at radius 1 is 1.19 bits per heavy atom. The summed E-state index contributed by atoms with van der Waals surface area (Å²) in [5.41, 5.74) is 1.47. The van der Waals surface area contributed by atoms with E-state index in [1.165, 1.54) is 24.3 Å². The highest BCUT2D eigenvalue weighted by atomic mass is 32.1. The van der Waals surface area contributed by atoms with Gasteiger partial charge in [-0.05, 0) is 45.0 Å². The van der Waals surface area contributed by atoms with Gasteiger partial charge in [-0.3, -0.25) is 4.79 Å². The lowest BCUT2D eigenvalue weighted by molar-refractivity contribution is 0.0638. The van der Waals surface area contributed by atoms with Gasteiger partial charge in [-0.1, -0.05) is 0 Å². The van der Waals surface area contributed by atoms with E-state index in [0.717, 1.165) is 27.2 Å². The molecule has 4 rings (SSSR count). The number of benzene rings is 1. The first-order valence-corrected chi connectivity index (χ1v) is 9.21. The number of aromatic nitrogens is 4. The molecule has 1 aromatic carbocycles. The van der Waals surface area contributed by atoms with Crippen molar-refractivity contribution in [2.45, 2.75) is 33.4 Å². The molecule has 6 nitrogen and oxygen atoms in total. The molecule has 0 fully saturated rings. The van der Waals surface area contributed by atoms with Gasteiger partial charge >= 0.3 is 0 Å². The number of halogens is 1. The topological polar surface area (TPSA) is 63.9 Å². The zero-order valence-electron chi connectivity index (χ0n) is 14.7. The number of rotatable bonds is 2. The number of thiazole rings is 1. The molecule has 0 bridgehead atoms. The Morgan fingerprint density at radius 3 is 2.58 bits per heavy atom. The van der Waals surface area contributed by atoms with E-state index in [0.29, 0.717) is 18.7 Å². The van der Waals surface area contributed by atoms with E-state index in [1.54, 1.807) is 16.2 Å². The molecule has 26 heavy (non-hydrogen) atoms. The van der Waals surface area contributed by atoms with E-state index >= 15 is 0 Å². The van der Waals surface area contributed by atoms with Gasteiger partial charge < -0.3 is 9.47 Å². The smallest absolute Gasteiger partial charge is 0.254 e. The molecule has 1 aliphatic heterocycles. The molecule has 3 aromatic rings. The predicted octanol–water partition coefficient (Wildman–Crippen LogP) is 3.37. The Kier molecular flexibility index (Phi) is 4.07. The number of hydrogen-bond acceptors (Lipinski definition) is 5. The van der Waals surface area contributed by atoms with Gasteiger partial charge in [0.1, 0.15) is 5.82 Å². The van der Waals surface area contributed by atoms with Crippen molar-refractivity contribution in [1.82, 2.24) is 24.6 Å². The second-order valence-corrected chi connectivity index (χ2v) is 7.58. The van der Waals surface area contributed by atoms with E-state index in [4.69, 9.17) is 0 Å². The van der Waals surface area contributed by atoms with Gasteiger partial charge in [0.15, 0.2) is 16.7 Å². The molecule has 0 saturated carbocycles. The van der Waals surface area contributed by atoms with Crippen LogP contribution in [0.3, 0.4) is 0 Å². The maximum Gasteiger partial charge on any atom is 0.254 e. The maximum atomic E-state index is 13.1. The number of aryl methyl sites for hydroxylation is 2. The second kappa shape index (κ2) is 6.28. The molecular weight excluding hydrogens is 353 g/mol. The number of amides is 1. The molecule has 3 heterocycles. The largest absolute Gasteiger partial charge is 0.327 e. The molecule has 1 aliphatic rings. The lowest BCUT2D eigenvalue weighted by atomic mass is 10.1.